The first-order valence-corrected chi connectivity index (χ1v) is 12.4. The molecule has 0 fully saturated rings. The van der Waals surface area contributed by atoms with Crippen LogP contribution in [0.4, 0.5) is 0 Å². The monoisotopic (exact) mass is 514 g/mol. The van der Waals surface area contributed by atoms with Crippen LogP contribution in [0.25, 0.3) is 11.3 Å². The molecule has 1 aliphatic rings. The Labute approximate surface area is 221 Å². The Bertz CT molecular complexity index is 1430. The van der Waals surface area contributed by atoms with Gasteiger partial charge >= 0.3 is 0 Å². The first-order valence-electron chi connectivity index (χ1n) is 12.4. The molecule has 9 nitrogen and oxygen atoms in total. The highest BCUT2D eigenvalue weighted by atomic mass is 16.5. The molecule has 196 valence electrons. The summed E-state index contributed by atoms with van der Waals surface area (Å²) in [5, 5.41) is 7.72. The maximum Gasteiger partial charge on any atom is 0.273 e. The van der Waals surface area contributed by atoms with E-state index in [4.69, 9.17) is 19.0 Å². The molecule has 0 saturated carbocycles. The molecule has 0 unspecified atom stereocenters. The van der Waals surface area contributed by atoms with Crippen LogP contribution in [-0.4, -0.2) is 52.8 Å². The van der Waals surface area contributed by atoms with Crippen LogP contribution in [0, 0.1) is 0 Å². The quantitative estimate of drug-likeness (QED) is 0.363. The predicted octanol–water partition coefficient (Wildman–Crippen LogP) is 3.93. The van der Waals surface area contributed by atoms with Crippen LogP contribution in [0.1, 0.15) is 28.7 Å². The molecule has 1 N–H and O–H groups in total. The van der Waals surface area contributed by atoms with Crippen LogP contribution >= 0.6 is 0 Å². The highest BCUT2D eigenvalue weighted by Crippen LogP contribution is 2.31. The molecule has 0 bridgehead atoms. The van der Waals surface area contributed by atoms with E-state index in [1.54, 1.807) is 43.1 Å². The number of hydrogen-bond acceptors (Lipinski definition) is 6. The van der Waals surface area contributed by atoms with Crippen molar-refractivity contribution in [2.24, 2.45) is 0 Å². The summed E-state index contributed by atoms with van der Waals surface area (Å²) in [6, 6.07) is 20.4. The molecule has 3 heterocycles. The second-order valence-corrected chi connectivity index (χ2v) is 9.36. The van der Waals surface area contributed by atoms with Crippen LogP contribution in [-0.2, 0) is 24.3 Å². The number of methoxy groups -OCH3 is 2. The first kappa shape index (κ1) is 25.1. The molecule has 2 aromatic heterocycles. The van der Waals surface area contributed by atoms with Crippen molar-refractivity contribution >= 4 is 11.8 Å². The standard InChI is InChI=1S/C29H30N4O5/c1-29(28(35)30-18-21-7-4-5-9-26(21)37-3)19-33-25(27(34)32(29)15-14-23-8-6-16-38-23)17-24(31-33)20-10-12-22(36-2)13-11-20/h4-13,16-17H,14-15,18-19H2,1-3H3,(H,30,35)/t29-/m1/s1. The van der Waals surface area contributed by atoms with Gasteiger partial charge in [0.25, 0.3) is 5.91 Å². The Kier molecular flexibility index (Phi) is 6.91. The number of carbonyl (C=O) groups excluding carboxylic acids is 2. The number of nitrogens with one attached hydrogen (secondary N) is 1. The largest absolute Gasteiger partial charge is 0.497 e. The number of para-hydroxylation sites is 1. The Balaban J connectivity index is 1.45. The number of nitrogens with zero attached hydrogens (tertiary/aromatic N) is 3. The van der Waals surface area contributed by atoms with Gasteiger partial charge in [0, 0.05) is 30.6 Å². The maximum absolute atomic E-state index is 13.8. The molecule has 0 radical (unpaired) electrons. The molecule has 5 rings (SSSR count). The lowest BCUT2D eigenvalue weighted by Gasteiger charge is -2.43. The smallest absolute Gasteiger partial charge is 0.273 e. The summed E-state index contributed by atoms with van der Waals surface area (Å²) < 4.78 is 17.8. The summed E-state index contributed by atoms with van der Waals surface area (Å²) >= 11 is 0. The molecule has 9 heteroatoms. The molecule has 0 aliphatic carbocycles. The second kappa shape index (κ2) is 10.5. The zero-order valence-electron chi connectivity index (χ0n) is 21.6. The van der Waals surface area contributed by atoms with Crippen molar-refractivity contribution in [2.45, 2.75) is 32.0 Å². The van der Waals surface area contributed by atoms with Crippen molar-refractivity contribution in [3.8, 4) is 22.8 Å². The SMILES string of the molecule is COc1ccc(-c2cc3n(n2)C[C@](C)(C(=O)NCc2ccccc2OC)N(CCc2ccco2)C3=O)cc1. The molecule has 4 aromatic rings. The normalized spacial score (nSPS) is 16.7. The third kappa shape index (κ3) is 4.74. The fraction of sp³-hybridized carbons (Fsp3) is 0.276. The maximum atomic E-state index is 13.8. The predicted molar refractivity (Wildman–Crippen MR) is 141 cm³/mol. The summed E-state index contributed by atoms with van der Waals surface area (Å²) in [6.07, 6.45) is 2.08. The van der Waals surface area contributed by atoms with Crippen LogP contribution in [0.2, 0.25) is 0 Å². The van der Waals surface area contributed by atoms with Crippen LogP contribution in [0.5, 0.6) is 11.5 Å². The third-order valence-corrected chi connectivity index (χ3v) is 6.97. The van der Waals surface area contributed by atoms with Crippen molar-refractivity contribution in [3.05, 3.63) is 90.0 Å². The first-order chi connectivity index (χ1) is 18.4. The molecule has 1 aliphatic heterocycles. The fourth-order valence-electron chi connectivity index (χ4n) is 4.79. The topological polar surface area (TPSA) is 98.8 Å². The number of rotatable bonds is 9. The van der Waals surface area contributed by atoms with Gasteiger partial charge in [-0.15, -0.1) is 0 Å². The summed E-state index contributed by atoms with van der Waals surface area (Å²) in [5.74, 6) is 1.63. The van der Waals surface area contributed by atoms with E-state index < -0.39 is 5.54 Å². The molecular formula is C29H30N4O5. The minimum Gasteiger partial charge on any atom is -0.497 e. The van der Waals surface area contributed by atoms with Gasteiger partial charge in [-0.25, -0.2) is 0 Å². The summed E-state index contributed by atoms with van der Waals surface area (Å²) in [6.45, 7) is 2.57. The lowest BCUT2D eigenvalue weighted by Crippen LogP contribution is -2.64. The number of ether oxygens (including phenoxy) is 2. The van der Waals surface area contributed by atoms with E-state index in [9.17, 15) is 9.59 Å². The van der Waals surface area contributed by atoms with Crippen molar-refractivity contribution < 1.29 is 23.5 Å². The van der Waals surface area contributed by atoms with E-state index >= 15 is 0 Å². The number of furan rings is 1. The van der Waals surface area contributed by atoms with Gasteiger partial charge in [-0.2, -0.15) is 5.10 Å². The van der Waals surface area contributed by atoms with Crippen molar-refractivity contribution in [1.29, 1.82) is 0 Å². The van der Waals surface area contributed by atoms with Gasteiger partial charge < -0.3 is 24.1 Å². The van der Waals surface area contributed by atoms with Crippen LogP contribution in [0.15, 0.2) is 77.4 Å². The zero-order chi connectivity index (χ0) is 26.7. The molecule has 2 amide bonds. The van der Waals surface area contributed by atoms with Crippen LogP contribution in [0.3, 0.4) is 0 Å². The van der Waals surface area contributed by atoms with Gasteiger partial charge in [0.05, 0.1) is 32.7 Å². The summed E-state index contributed by atoms with van der Waals surface area (Å²) in [4.78, 5) is 29.2. The molecular weight excluding hydrogens is 484 g/mol. The van der Waals surface area contributed by atoms with E-state index in [-0.39, 0.29) is 24.9 Å². The minimum atomic E-state index is -1.18. The Morgan fingerprint density at radius 2 is 1.87 bits per heavy atom. The van der Waals surface area contributed by atoms with Crippen LogP contribution < -0.4 is 14.8 Å². The molecule has 0 saturated heterocycles. The van der Waals surface area contributed by atoms with Gasteiger partial charge in [-0.1, -0.05) is 18.2 Å². The zero-order valence-corrected chi connectivity index (χ0v) is 21.6. The van der Waals surface area contributed by atoms with Gasteiger partial charge in [0.2, 0.25) is 5.91 Å². The van der Waals surface area contributed by atoms with E-state index in [2.05, 4.69) is 5.32 Å². The highest BCUT2D eigenvalue weighted by molar-refractivity contribution is 6.00. The number of hydrogen-bond donors (Lipinski definition) is 1. The third-order valence-electron chi connectivity index (χ3n) is 6.97. The number of carbonyl (C=O) groups is 2. The molecule has 1 atom stereocenters. The number of aromatic nitrogens is 2. The summed E-state index contributed by atoms with van der Waals surface area (Å²) in [5.41, 5.74) is 1.61. The average Bonchev–Trinajstić information content (AvgIpc) is 3.62. The van der Waals surface area contributed by atoms with Crippen molar-refractivity contribution in [3.63, 3.8) is 0 Å². The van der Waals surface area contributed by atoms with Gasteiger partial charge in [0.15, 0.2) is 0 Å². The second-order valence-electron chi connectivity index (χ2n) is 9.36. The van der Waals surface area contributed by atoms with E-state index in [0.29, 0.717) is 30.1 Å². The van der Waals surface area contributed by atoms with E-state index in [0.717, 1.165) is 22.6 Å². The van der Waals surface area contributed by atoms with Gasteiger partial charge in [0.1, 0.15) is 28.5 Å². The summed E-state index contributed by atoms with van der Waals surface area (Å²) in [7, 11) is 3.21. The van der Waals surface area contributed by atoms with E-state index in [1.165, 1.54) is 0 Å². The van der Waals surface area contributed by atoms with E-state index in [1.807, 2.05) is 60.7 Å². The lowest BCUT2D eigenvalue weighted by molar-refractivity contribution is -0.133. The Morgan fingerprint density at radius 1 is 1.08 bits per heavy atom. The highest BCUT2D eigenvalue weighted by Gasteiger charge is 2.47. The molecule has 0 spiro atoms. The average molecular weight is 515 g/mol. The Morgan fingerprint density at radius 3 is 2.58 bits per heavy atom. The molecule has 38 heavy (non-hydrogen) atoms. The minimum absolute atomic E-state index is 0.208. The number of fused-ring (bicyclic) bond motifs is 1. The Hall–Kier alpha value is -4.53. The number of amides is 2. The lowest BCUT2D eigenvalue weighted by atomic mass is 9.94. The number of benzene rings is 2. The van der Waals surface area contributed by atoms with Gasteiger partial charge in [-0.05, 0) is 55.5 Å². The molecule has 2 aromatic carbocycles. The van der Waals surface area contributed by atoms with Crippen molar-refractivity contribution in [2.75, 3.05) is 20.8 Å². The van der Waals surface area contributed by atoms with Gasteiger partial charge in [-0.3, -0.25) is 14.3 Å². The van der Waals surface area contributed by atoms with Crippen molar-refractivity contribution in [1.82, 2.24) is 20.0 Å². The fourth-order valence-corrected chi connectivity index (χ4v) is 4.79.